The summed E-state index contributed by atoms with van der Waals surface area (Å²) < 4.78 is 4.86. The summed E-state index contributed by atoms with van der Waals surface area (Å²) in [4.78, 5) is 34.2. The molecule has 3 atom stereocenters. The Balaban J connectivity index is 2.59. The molecule has 0 aliphatic heterocycles. The van der Waals surface area contributed by atoms with Gasteiger partial charge < -0.3 is 25.3 Å². The maximum Gasteiger partial charge on any atom is 0.328 e. The van der Waals surface area contributed by atoms with Crippen LogP contribution in [0.5, 0.6) is 0 Å². The summed E-state index contributed by atoms with van der Waals surface area (Å²) in [6, 6.07) is 0.530. The molecule has 110 valence electrons. The average molecular weight is 284 g/mol. The standard InChI is InChI=1S/C12H16N2O6/c1-6(13-11(17)8-4-3-5-20-8)10(16)14-9(7(2)15)12(18)19/h3-7,9,15H,1-2H3,(H,13,17)(H,14,16)(H,18,19). The van der Waals surface area contributed by atoms with Crippen LogP contribution in [-0.4, -0.2) is 46.2 Å². The van der Waals surface area contributed by atoms with Crippen LogP contribution in [0, 0.1) is 0 Å². The number of aliphatic hydroxyl groups is 1. The number of carbonyl (C=O) groups is 3. The van der Waals surface area contributed by atoms with E-state index in [4.69, 9.17) is 9.52 Å². The van der Waals surface area contributed by atoms with Crippen molar-refractivity contribution in [3.63, 3.8) is 0 Å². The quantitative estimate of drug-likeness (QED) is 0.549. The van der Waals surface area contributed by atoms with E-state index in [2.05, 4.69) is 10.6 Å². The summed E-state index contributed by atoms with van der Waals surface area (Å²) in [6.45, 7) is 2.63. The molecule has 20 heavy (non-hydrogen) atoms. The number of aliphatic hydroxyl groups excluding tert-OH is 1. The van der Waals surface area contributed by atoms with Gasteiger partial charge in [0, 0.05) is 0 Å². The minimum atomic E-state index is -1.44. The van der Waals surface area contributed by atoms with Crippen LogP contribution in [0.15, 0.2) is 22.8 Å². The number of hydrogen-bond donors (Lipinski definition) is 4. The van der Waals surface area contributed by atoms with E-state index in [0.717, 1.165) is 0 Å². The fourth-order valence-corrected chi connectivity index (χ4v) is 1.41. The molecule has 1 aromatic heterocycles. The fraction of sp³-hybridized carbons (Fsp3) is 0.417. The van der Waals surface area contributed by atoms with E-state index < -0.39 is 36.0 Å². The maximum atomic E-state index is 11.7. The Bertz CT molecular complexity index is 482. The largest absolute Gasteiger partial charge is 0.480 e. The number of carboxylic acid groups (broad SMARTS) is 1. The van der Waals surface area contributed by atoms with Gasteiger partial charge in [0.25, 0.3) is 5.91 Å². The van der Waals surface area contributed by atoms with Crippen molar-refractivity contribution < 1.29 is 29.0 Å². The van der Waals surface area contributed by atoms with E-state index in [9.17, 15) is 19.5 Å². The lowest BCUT2D eigenvalue weighted by atomic mass is 10.1. The molecule has 0 radical (unpaired) electrons. The molecular formula is C12H16N2O6. The Morgan fingerprint density at radius 3 is 2.35 bits per heavy atom. The van der Waals surface area contributed by atoms with Crippen molar-refractivity contribution >= 4 is 17.8 Å². The highest BCUT2D eigenvalue weighted by molar-refractivity contribution is 5.96. The molecule has 0 spiro atoms. The number of furan rings is 1. The highest BCUT2D eigenvalue weighted by Gasteiger charge is 2.27. The van der Waals surface area contributed by atoms with Gasteiger partial charge in [-0.15, -0.1) is 0 Å². The van der Waals surface area contributed by atoms with E-state index in [1.807, 2.05) is 0 Å². The smallest absolute Gasteiger partial charge is 0.328 e. The summed E-state index contributed by atoms with van der Waals surface area (Å²) in [5.74, 6) is -2.65. The number of nitrogens with one attached hydrogen (secondary N) is 2. The third kappa shape index (κ3) is 4.09. The normalized spacial score (nSPS) is 14.9. The summed E-state index contributed by atoms with van der Waals surface area (Å²) in [7, 11) is 0. The predicted octanol–water partition coefficient (Wildman–Crippen LogP) is -0.652. The van der Waals surface area contributed by atoms with Crippen molar-refractivity contribution in [3.05, 3.63) is 24.2 Å². The summed E-state index contributed by atoms with van der Waals surface area (Å²) in [5, 5.41) is 22.6. The van der Waals surface area contributed by atoms with Crippen molar-refractivity contribution in [1.82, 2.24) is 10.6 Å². The molecule has 4 N–H and O–H groups in total. The molecule has 0 fully saturated rings. The van der Waals surface area contributed by atoms with Crippen LogP contribution in [-0.2, 0) is 9.59 Å². The first-order chi connectivity index (χ1) is 9.32. The van der Waals surface area contributed by atoms with Crippen LogP contribution in [0.25, 0.3) is 0 Å². The number of carbonyl (C=O) groups excluding carboxylic acids is 2. The van der Waals surface area contributed by atoms with Crippen molar-refractivity contribution in [2.45, 2.75) is 32.0 Å². The Kier molecular flexibility index (Phi) is 5.27. The molecule has 8 nitrogen and oxygen atoms in total. The first-order valence-corrected chi connectivity index (χ1v) is 5.88. The average Bonchev–Trinajstić information content (AvgIpc) is 2.88. The molecule has 1 rings (SSSR count). The number of aliphatic carboxylic acids is 1. The topological polar surface area (TPSA) is 129 Å². The molecule has 1 heterocycles. The molecule has 2 amide bonds. The zero-order valence-corrected chi connectivity index (χ0v) is 11.0. The number of carboxylic acids is 1. The molecule has 0 bridgehead atoms. The van der Waals surface area contributed by atoms with Crippen LogP contribution in [0.2, 0.25) is 0 Å². The van der Waals surface area contributed by atoms with Crippen molar-refractivity contribution in [2.24, 2.45) is 0 Å². The van der Waals surface area contributed by atoms with Crippen LogP contribution in [0.4, 0.5) is 0 Å². The molecule has 0 saturated carbocycles. The second-order valence-corrected chi connectivity index (χ2v) is 4.24. The summed E-state index contributed by atoms with van der Waals surface area (Å²) in [6.07, 6.45) is 0.0533. The molecular weight excluding hydrogens is 268 g/mol. The third-order valence-corrected chi connectivity index (χ3v) is 2.53. The van der Waals surface area contributed by atoms with E-state index in [1.165, 1.54) is 32.2 Å². The lowest BCUT2D eigenvalue weighted by molar-refractivity contribution is -0.145. The second-order valence-electron chi connectivity index (χ2n) is 4.24. The van der Waals surface area contributed by atoms with E-state index in [1.54, 1.807) is 0 Å². The van der Waals surface area contributed by atoms with Gasteiger partial charge in [-0.3, -0.25) is 9.59 Å². The SMILES string of the molecule is CC(NC(=O)c1ccco1)C(=O)NC(C(=O)O)C(C)O. The first-order valence-electron chi connectivity index (χ1n) is 5.88. The molecule has 0 saturated heterocycles. The van der Waals surface area contributed by atoms with Gasteiger partial charge in [0.15, 0.2) is 11.8 Å². The number of rotatable bonds is 6. The van der Waals surface area contributed by atoms with Gasteiger partial charge in [-0.1, -0.05) is 0 Å². The van der Waals surface area contributed by atoms with Crippen LogP contribution in [0.1, 0.15) is 24.4 Å². The predicted molar refractivity (Wildman–Crippen MR) is 66.9 cm³/mol. The Labute approximate surface area is 114 Å². The highest BCUT2D eigenvalue weighted by Crippen LogP contribution is 2.00. The summed E-state index contributed by atoms with van der Waals surface area (Å²) >= 11 is 0. The van der Waals surface area contributed by atoms with E-state index in [0.29, 0.717) is 0 Å². The van der Waals surface area contributed by atoms with Gasteiger partial charge in [-0.2, -0.15) is 0 Å². The van der Waals surface area contributed by atoms with Crippen LogP contribution < -0.4 is 10.6 Å². The van der Waals surface area contributed by atoms with E-state index in [-0.39, 0.29) is 5.76 Å². The number of hydrogen-bond acceptors (Lipinski definition) is 5. The zero-order chi connectivity index (χ0) is 15.3. The van der Waals surface area contributed by atoms with Gasteiger partial charge in [0.2, 0.25) is 5.91 Å². The Hall–Kier alpha value is -2.35. The van der Waals surface area contributed by atoms with Crippen molar-refractivity contribution in [2.75, 3.05) is 0 Å². The van der Waals surface area contributed by atoms with Crippen molar-refractivity contribution in [1.29, 1.82) is 0 Å². The third-order valence-electron chi connectivity index (χ3n) is 2.53. The molecule has 0 aliphatic carbocycles. The Morgan fingerprint density at radius 1 is 1.25 bits per heavy atom. The highest BCUT2D eigenvalue weighted by atomic mass is 16.4. The van der Waals surface area contributed by atoms with Gasteiger partial charge in [0.05, 0.1) is 12.4 Å². The van der Waals surface area contributed by atoms with Crippen molar-refractivity contribution in [3.8, 4) is 0 Å². The van der Waals surface area contributed by atoms with Crippen LogP contribution >= 0.6 is 0 Å². The summed E-state index contributed by atoms with van der Waals surface area (Å²) in [5.41, 5.74) is 0. The zero-order valence-electron chi connectivity index (χ0n) is 11.0. The Morgan fingerprint density at radius 2 is 1.90 bits per heavy atom. The van der Waals surface area contributed by atoms with Gasteiger partial charge >= 0.3 is 5.97 Å². The lowest BCUT2D eigenvalue weighted by Crippen LogP contribution is -2.53. The molecule has 0 aromatic carbocycles. The maximum absolute atomic E-state index is 11.7. The number of amides is 2. The molecule has 0 aliphatic rings. The minimum absolute atomic E-state index is 0.0370. The van der Waals surface area contributed by atoms with E-state index >= 15 is 0 Å². The van der Waals surface area contributed by atoms with Gasteiger partial charge in [0.1, 0.15) is 6.04 Å². The first kappa shape index (κ1) is 15.7. The van der Waals surface area contributed by atoms with Crippen LogP contribution in [0.3, 0.4) is 0 Å². The monoisotopic (exact) mass is 284 g/mol. The van der Waals surface area contributed by atoms with Gasteiger partial charge in [-0.05, 0) is 26.0 Å². The fourth-order valence-electron chi connectivity index (χ4n) is 1.41. The second kappa shape index (κ2) is 6.71. The lowest BCUT2D eigenvalue weighted by Gasteiger charge is -2.20. The molecule has 3 unspecified atom stereocenters. The molecule has 1 aromatic rings. The minimum Gasteiger partial charge on any atom is -0.480 e. The molecule has 8 heteroatoms. The van der Waals surface area contributed by atoms with Gasteiger partial charge in [-0.25, -0.2) is 4.79 Å².